The molecular weight excluding hydrogens is 316 g/mol. The van der Waals surface area contributed by atoms with Gasteiger partial charge in [0.25, 0.3) is 5.91 Å². The van der Waals surface area contributed by atoms with Gasteiger partial charge in [0, 0.05) is 17.2 Å². The molecule has 0 radical (unpaired) electrons. The fourth-order valence-electron chi connectivity index (χ4n) is 3.43. The quantitative estimate of drug-likeness (QED) is 0.772. The van der Waals surface area contributed by atoms with Gasteiger partial charge in [0.2, 0.25) is 0 Å². The highest BCUT2D eigenvalue weighted by Crippen LogP contribution is 2.27. The molecular formula is C19H20N4O2. The maximum Gasteiger partial charge on any atom is 0.254 e. The van der Waals surface area contributed by atoms with Crippen LogP contribution >= 0.6 is 0 Å². The summed E-state index contributed by atoms with van der Waals surface area (Å²) in [6, 6.07) is 11.6. The predicted molar refractivity (Wildman–Crippen MR) is 92.7 cm³/mol. The first-order valence-corrected chi connectivity index (χ1v) is 8.60. The van der Waals surface area contributed by atoms with Crippen LogP contribution in [0.1, 0.15) is 41.8 Å². The van der Waals surface area contributed by atoms with Crippen LogP contribution in [0.5, 0.6) is 0 Å². The molecule has 1 amide bonds. The van der Waals surface area contributed by atoms with Crippen LogP contribution in [0.25, 0.3) is 11.4 Å². The Bertz CT molecular complexity index is 804. The summed E-state index contributed by atoms with van der Waals surface area (Å²) < 4.78 is 5.46. The maximum absolute atomic E-state index is 13.1. The van der Waals surface area contributed by atoms with E-state index in [1.165, 1.54) is 19.2 Å². The largest absolute Gasteiger partial charge is 0.467 e. The van der Waals surface area contributed by atoms with Crippen molar-refractivity contribution in [2.75, 3.05) is 0 Å². The second-order valence-corrected chi connectivity index (χ2v) is 6.36. The monoisotopic (exact) mass is 336 g/mol. The molecule has 1 N–H and O–H groups in total. The van der Waals surface area contributed by atoms with Crippen molar-refractivity contribution in [3.05, 3.63) is 60.3 Å². The van der Waals surface area contributed by atoms with Crippen LogP contribution in [-0.4, -0.2) is 32.0 Å². The molecule has 25 heavy (non-hydrogen) atoms. The normalized spacial score (nSPS) is 14.7. The van der Waals surface area contributed by atoms with Gasteiger partial charge in [-0.25, -0.2) is 4.98 Å². The van der Waals surface area contributed by atoms with Crippen LogP contribution < -0.4 is 0 Å². The number of amides is 1. The smallest absolute Gasteiger partial charge is 0.254 e. The lowest BCUT2D eigenvalue weighted by molar-refractivity contribution is 0.0649. The summed E-state index contributed by atoms with van der Waals surface area (Å²) in [5.74, 6) is 1.56. The highest BCUT2D eigenvalue weighted by molar-refractivity contribution is 5.94. The average molecular weight is 336 g/mol. The molecule has 128 valence electrons. The Hall–Kier alpha value is -2.89. The Morgan fingerprint density at radius 3 is 2.64 bits per heavy atom. The van der Waals surface area contributed by atoms with Gasteiger partial charge in [0.1, 0.15) is 12.1 Å². The predicted octanol–water partition coefficient (Wildman–Crippen LogP) is 3.65. The Labute approximate surface area is 145 Å². The van der Waals surface area contributed by atoms with Gasteiger partial charge in [-0.15, -0.1) is 0 Å². The van der Waals surface area contributed by atoms with Gasteiger partial charge < -0.3 is 9.32 Å². The first-order valence-electron chi connectivity index (χ1n) is 8.60. The molecule has 2 aromatic heterocycles. The van der Waals surface area contributed by atoms with Crippen LogP contribution in [0.2, 0.25) is 0 Å². The fraction of sp³-hybridized carbons (Fsp3) is 0.316. The standard InChI is InChI=1S/C19H20N4O2/c24-19(15-9-7-14(8-10-15)18-20-13-21-22-18)23(16-4-1-2-5-16)12-17-6-3-11-25-17/h3,6-11,13,16H,1-2,4-5,12H2,(H,20,21,22). The van der Waals surface area contributed by atoms with E-state index in [0.717, 1.165) is 24.2 Å². The minimum Gasteiger partial charge on any atom is -0.467 e. The number of nitrogens with zero attached hydrogens (tertiary/aromatic N) is 3. The second-order valence-electron chi connectivity index (χ2n) is 6.36. The van der Waals surface area contributed by atoms with E-state index in [1.54, 1.807) is 6.26 Å². The Kier molecular flexibility index (Phi) is 4.33. The summed E-state index contributed by atoms with van der Waals surface area (Å²) in [5, 5.41) is 6.69. The molecule has 0 atom stereocenters. The third-order valence-corrected chi connectivity index (χ3v) is 4.75. The topological polar surface area (TPSA) is 75.0 Å². The fourth-order valence-corrected chi connectivity index (χ4v) is 3.43. The van der Waals surface area contributed by atoms with E-state index in [4.69, 9.17) is 4.42 Å². The summed E-state index contributed by atoms with van der Waals surface area (Å²) >= 11 is 0. The van der Waals surface area contributed by atoms with Gasteiger partial charge in [-0.1, -0.05) is 25.0 Å². The minimum absolute atomic E-state index is 0.0485. The number of carbonyl (C=O) groups is 1. The number of nitrogens with one attached hydrogen (secondary N) is 1. The highest BCUT2D eigenvalue weighted by Gasteiger charge is 2.28. The van der Waals surface area contributed by atoms with Gasteiger partial charge >= 0.3 is 0 Å². The molecule has 4 rings (SSSR count). The lowest BCUT2D eigenvalue weighted by atomic mass is 10.1. The molecule has 3 aromatic rings. The van der Waals surface area contributed by atoms with Crippen LogP contribution in [0, 0.1) is 0 Å². The third-order valence-electron chi connectivity index (χ3n) is 4.75. The van der Waals surface area contributed by atoms with Crippen molar-refractivity contribution >= 4 is 5.91 Å². The molecule has 1 aliphatic carbocycles. The Morgan fingerprint density at radius 1 is 1.20 bits per heavy atom. The third kappa shape index (κ3) is 3.33. The number of aromatic amines is 1. The number of carbonyl (C=O) groups excluding carboxylic acids is 1. The maximum atomic E-state index is 13.1. The lowest BCUT2D eigenvalue weighted by Crippen LogP contribution is -2.38. The summed E-state index contributed by atoms with van der Waals surface area (Å²) in [6.07, 6.45) is 7.59. The summed E-state index contributed by atoms with van der Waals surface area (Å²) in [6.45, 7) is 0.514. The van der Waals surface area contributed by atoms with E-state index in [2.05, 4.69) is 15.2 Å². The molecule has 1 fully saturated rings. The van der Waals surface area contributed by atoms with Crippen LogP contribution in [0.15, 0.2) is 53.4 Å². The molecule has 6 nitrogen and oxygen atoms in total. The first-order chi connectivity index (χ1) is 12.3. The summed E-state index contributed by atoms with van der Waals surface area (Å²) in [7, 11) is 0. The van der Waals surface area contributed by atoms with Gasteiger partial charge in [0.15, 0.2) is 5.82 Å². The van der Waals surface area contributed by atoms with Crippen molar-refractivity contribution in [1.29, 1.82) is 0 Å². The minimum atomic E-state index is 0.0485. The van der Waals surface area contributed by atoms with E-state index < -0.39 is 0 Å². The number of furan rings is 1. The molecule has 0 saturated heterocycles. The van der Waals surface area contributed by atoms with Crippen molar-refractivity contribution < 1.29 is 9.21 Å². The van der Waals surface area contributed by atoms with Crippen LogP contribution in [0.3, 0.4) is 0 Å². The number of benzene rings is 1. The molecule has 1 aliphatic rings. The van der Waals surface area contributed by atoms with E-state index in [0.29, 0.717) is 17.9 Å². The molecule has 0 aliphatic heterocycles. The molecule has 6 heteroatoms. The highest BCUT2D eigenvalue weighted by atomic mass is 16.3. The number of aromatic nitrogens is 3. The molecule has 2 heterocycles. The Balaban J connectivity index is 1.56. The van der Waals surface area contributed by atoms with Crippen LogP contribution in [0.4, 0.5) is 0 Å². The molecule has 0 bridgehead atoms. The van der Waals surface area contributed by atoms with E-state index in [9.17, 15) is 4.79 Å². The van der Waals surface area contributed by atoms with Crippen molar-refractivity contribution in [2.24, 2.45) is 0 Å². The van der Waals surface area contributed by atoms with E-state index >= 15 is 0 Å². The summed E-state index contributed by atoms with van der Waals surface area (Å²) in [4.78, 5) is 19.2. The Morgan fingerprint density at radius 2 is 2.00 bits per heavy atom. The van der Waals surface area contributed by atoms with Gasteiger partial charge in [0.05, 0.1) is 12.8 Å². The molecule has 1 aromatic carbocycles. The van der Waals surface area contributed by atoms with Gasteiger partial charge in [-0.2, -0.15) is 5.10 Å². The molecule has 0 unspecified atom stereocenters. The number of hydrogen-bond donors (Lipinski definition) is 1. The van der Waals surface area contributed by atoms with Gasteiger partial charge in [-0.05, 0) is 37.1 Å². The average Bonchev–Trinajstić information content (AvgIpc) is 3.43. The molecule has 0 spiro atoms. The van der Waals surface area contributed by atoms with Crippen molar-refractivity contribution in [1.82, 2.24) is 20.1 Å². The summed E-state index contributed by atoms with van der Waals surface area (Å²) in [5.41, 5.74) is 1.59. The number of rotatable bonds is 5. The van der Waals surface area contributed by atoms with Gasteiger partial charge in [-0.3, -0.25) is 9.89 Å². The second kappa shape index (κ2) is 6.93. The van der Waals surface area contributed by atoms with E-state index in [1.807, 2.05) is 41.3 Å². The number of H-pyrrole nitrogens is 1. The SMILES string of the molecule is O=C(c1ccc(-c2ncn[nH]2)cc1)N(Cc1ccco1)C1CCCC1. The zero-order valence-corrected chi connectivity index (χ0v) is 13.9. The van der Waals surface area contributed by atoms with E-state index in [-0.39, 0.29) is 11.9 Å². The zero-order valence-electron chi connectivity index (χ0n) is 13.9. The van der Waals surface area contributed by atoms with Crippen LogP contribution in [-0.2, 0) is 6.54 Å². The zero-order chi connectivity index (χ0) is 17.1. The van der Waals surface area contributed by atoms with Crippen molar-refractivity contribution in [3.63, 3.8) is 0 Å². The number of hydrogen-bond acceptors (Lipinski definition) is 4. The molecule has 1 saturated carbocycles. The first kappa shape index (κ1) is 15.6. The van der Waals surface area contributed by atoms with Crippen molar-refractivity contribution in [3.8, 4) is 11.4 Å². The van der Waals surface area contributed by atoms with Crippen molar-refractivity contribution in [2.45, 2.75) is 38.3 Å². The lowest BCUT2D eigenvalue weighted by Gasteiger charge is -2.28.